The summed E-state index contributed by atoms with van der Waals surface area (Å²) >= 11 is 0. The molecule has 1 fully saturated rings. The highest BCUT2D eigenvalue weighted by Gasteiger charge is 2.54. The van der Waals surface area contributed by atoms with Crippen molar-refractivity contribution in [1.29, 1.82) is 0 Å². The molecule has 0 heterocycles. The Morgan fingerprint density at radius 3 is 2.13 bits per heavy atom. The third-order valence-corrected chi connectivity index (χ3v) is 5.06. The Hall–Kier alpha value is -0.0400. The van der Waals surface area contributed by atoms with Crippen molar-refractivity contribution >= 4 is 0 Å². The van der Waals surface area contributed by atoms with Crippen molar-refractivity contribution in [3.8, 4) is 0 Å². The highest BCUT2D eigenvalue weighted by Crippen LogP contribution is 2.61. The predicted octanol–water partition coefficient (Wildman–Crippen LogP) is 3.82. The van der Waals surface area contributed by atoms with E-state index in [1.165, 1.54) is 19.3 Å². The minimum absolute atomic E-state index is 0.425. The first-order valence-electron chi connectivity index (χ1n) is 6.67. The normalized spacial score (nSPS) is 38.8. The molecule has 0 amide bonds. The Morgan fingerprint density at radius 1 is 1.20 bits per heavy atom. The summed E-state index contributed by atoms with van der Waals surface area (Å²) in [7, 11) is 0. The molecule has 0 aliphatic heterocycles. The van der Waals surface area contributed by atoms with E-state index in [4.69, 9.17) is 5.73 Å². The summed E-state index contributed by atoms with van der Waals surface area (Å²) in [5.41, 5.74) is 6.59. The lowest BCUT2D eigenvalue weighted by Crippen LogP contribution is -2.19. The molecule has 90 valence electrons. The zero-order valence-corrected chi connectivity index (χ0v) is 11.2. The summed E-state index contributed by atoms with van der Waals surface area (Å²) < 4.78 is 0. The van der Waals surface area contributed by atoms with Crippen LogP contribution in [0.25, 0.3) is 0 Å². The number of hydrogen-bond acceptors (Lipinski definition) is 1. The van der Waals surface area contributed by atoms with Crippen LogP contribution >= 0.6 is 0 Å². The summed E-state index contributed by atoms with van der Waals surface area (Å²) in [6.45, 7) is 11.8. The average Bonchev–Trinajstić information content (AvgIpc) is 2.65. The van der Waals surface area contributed by atoms with Crippen molar-refractivity contribution < 1.29 is 0 Å². The van der Waals surface area contributed by atoms with Gasteiger partial charge in [0.05, 0.1) is 0 Å². The van der Waals surface area contributed by atoms with E-state index in [0.29, 0.717) is 11.5 Å². The van der Waals surface area contributed by atoms with E-state index in [-0.39, 0.29) is 0 Å². The first kappa shape index (κ1) is 13.0. The summed E-state index contributed by atoms with van der Waals surface area (Å²) in [6.07, 6.45) is 5.03. The molecule has 1 heteroatoms. The molecular formula is C14H29N. The Labute approximate surface area is 95.8 Å². The van der Waals surface area contributed by atoms with Crippen molar-refractivity contribution in [2.75, 3.05) is 0 Å². The molecule has 1 rings (SSSR count). The molecular weight excluding hydrogens is 182 g/mol. The molecule has 2 N–H and O–H groups in total. The lowest BCUT2D eigenvalue weighted by molar-refractivity contribution is 0.331. The fourth-order valence-electron chi connectivity index (χ4n) is 3.00. The summed E-state index contributed by atoms with van der Waals surface area (Å²) in [4.78, 5) is 0. The SMILES string of the molecule is CCC(N)CCC(C)CC1(C)C(C)C1C. The van der Waals surface area contributed by atoms with Gasteiger partial charge in [0.25, 0.3) is 0 Å². The summed E-state index contributed by atoms with van der Waals surface area (Å²) in [6, 6.07) is 0.425. The molecule has 0 aromatic rings. The lowest BCUT2D eigenvalue weighted by Gasteiger charge is -2.19. The van der Waals surface area contributed by atoms with E-state index in [0.717, 1.165) is 24.2 Å². The third kappa shape index (κ3) is 2.96. The molecule has 15 heavy (non-hydrogen) atoms. The van der Waals surface area contributed by atoms with Crippen molar-refractivity contribution in [2.24, 2.45) is 28.9 Å². The van der Waals surface area contributed by atoms with E-state index in [9.17, 15) is 0 Å². The van der Waals surface area contributed by atoms with E-state index >= 15 is 0 Å². The van der Waals surface area contributed by atoms with Gasteiger partial charge in [0.1, 0.15) is 0 Å². The van der Waals surface area contributed by atoms with Crippen molar-refractivity contribution in [2.45, 2.75) is 66.3 Å². The molecule has 1 aliphatic rings. The maximum atomic E-state index is 5.96. The van der Waals surface area contributed by atoms with Crippen LogP contribution in [0.2, 0.25) is 0 Å². The van der Waals surface area contributed by atoms with Crippen molar-refractivity contribution in [3.63, 3.8) is 0 Å². The van der Waals surface area contributed by atoms with Gasteiger partial charge in [-0.15, -0.1) is 0 Å². The third-order valence-electron chi connectivity index (χ3n) is 5.06. The summed E-state index contributed by atoms with van der Waals surface area (Å²) in [5.74, 6) is 2.71. The molecule has 0 saturated heterocycles. The van der Waals surface area contributed by atoms with Crippen LogP contribution in [0.1, 0.15) is 60.3 Å². The Kier molecular flexibility index (Phi) is 4.22. The van der Waals surface area contributed by atoms with Crippen LogP contribution in [0.15, 0.2) is 0 Å². The van der Waals surface area contributed by atoms with E-state index in [2.05, 4.69) is 34.6 Å². The molecule has 0 radical (unpaired) electrons. The number of hydrogen-bond donors (Lipinski definition) is 1. The van der Waals surface area contributed by atoms with Crippen LogP contribution in [0.4, 0.5) is 0 Å². The fourth-order valence-corrected chi connectivity index (χ4v) is 3.00. The molecule has 4 unspecified atom stereocenters. The first-order chi connectivity index (χ1) is 6.91. The quantitative estimate of drug-likeness (QED) is 0.710. The van der Waals surface area contributed by atoms with Crippen molar-refractivity contribution in [1.82, 2.24) is 0 Å². The fraction of sp³-hybridized carbons (Fsp3) is 1.00. The Balaban J connectivity index is 2.22. The molecule has 0 aromatic heterocycles. The van der Waals surface area contributed by atoms with Crippen LogP contribution in [0.5, 0.6) is 0 Å². The minimum Gasteiger partial charge on any atom is -0.328 e. The molecule has 0 bridgehead atoms. The average molecular weight is 211 g/mol. The lowest BCUT2D eigenvalue weighted by atomic mass is 9.88. The zero-order valence-electron chi connectivity index (χ0n) is 11.2. The van der Waals surface area contributed by atoms with Crippen LogP contribution in [0.3, 0.4) is 0 Å². The van der Waals surface area contributed by atoms with Gasteiger partial charge in [-0.3, -0.25) is 0 Å². The van der Waals surface area contributed by atoms with Crippen molar-refractivity contribution in [3.05, 3.63) is 0 Å². The molecule has 1 aliphatic carbocycles. The first-order valence-corrected chi connectivity index (χ1v) is 6.67. The number of rotatable bonds is 6. The van der Waals surface area contributed by atoms with Crippen LogP contribution in [-0.4, -0.2) is 6.04 Å². The van der Waals surface area contributed by atoms with Gasteiger partial charge < -0.3 is 5.73 Å². The van der Waals surface area contributed by atoms with Gasteiger partial charge in [0.2, 0.25) is 0 Å². The summed E-state index contributed by atoms with van der Waals surface area (Å²) in [5, 5.41) is 0. The predicted molar refractivity (Wildman–Crippen MR) is 67.7 cm³/mol. The Morgan fingerprint density at radius 2 is 1.73 bits per heavy atom. The molecule has 1 saturated carbocycles. The van der Waals surface area contributed by atoms with Crippen LogP contribution in [0, 0.1) is 23.2 Å². The molecule has 1 nitrogen and oxygen atoms in total. The largest absolute Gasteiger partial charge is 0.328 e. The van der Waals surface area contributed by atoms with Crippen LogP contribution < -0.4 is 5.73 Å². The second-order valence-corrected chi connectivity index (χ2v) is 6.14. The number of nitrogens with two attached hydrogens (primary N) is 1. The maximum Gasteiger partial charge on any atom is 0.00363 e. The highest BCUT2D eigenvalue weighted by molar-refractivity contribution is 5.03. The second-order valence-electron chi connectivity index (χ2n) is 6.14. The topological polar surface area (TPSA) is 26.0 Å². The van der Waals surface area contributed by atoms with Gasteiger partial charge in [-0.25, -0.2) is 0 Å². The Bertz CT molecular complexity index is 192. The zero-order chi connectivity index (χ0) is 11.6. The standard InChI is InChI=1S/C14H29N/c1-6-13(15)8-7-10(2)9-14(5)11(3)12(14)4/h10-13H,6-9,15H2,1-5H3. The van der Waals surface area contributed by atoms with Gasteiger partial charge in [0.15, 0.2) is 0 Å². The van der Waals surface area contributed by atoms with Crippen LogP contribution in [-0.2, 0) is 0 Å². The van der Waals surface area contributed by atoms with Gasteiger partial charge in [-0.1, -0.05) is 34.6 Å². The molecule has 0 aromatic carbocycles. The maximum absolute atomic E-state index is 5.96. The smallest absolute Gasteiger partial charge is 0.00363 e. The van der Waals surface area contributed by atoms with E-state index < -0.39 is 0 Å². The van der Waals surface area contributed by atoms with E-state index in [1.54, 1.807) is 0 Å². The van der Waals surface area contributed by atoms with Gasteiger partial charge >= 0.3 is 0 Å². The van der Waals surface area contributed by atoms with E-state index in [1.807, 2.05) is 0 Å². The monoisotopic (exact) mass is 211 g/mol. The minimum atomic E-state index is 0.425. The molecule has 0 spiro atoms. The highest BCUT2D eigenvalue weighted by atomic mass is 14.6. The molecule has 4 atom stereocenters. The van der Waals surface area contributed by atoms with Gasteiger partial charge in [-0.2, -0.15) is 0 Å². The second kappa shape index (κ2) is 4.86. The van der Waals surface area contributed by atoms with Gasteiger partial charge in [0, 0.05) is 6.04 Å². The van der Waals surface area contributed by atoms with Gasteiger partial charge in [-0.05, 0) is 48.9 Å².